The summed E-state index contributed by atoms with van der Waals surface area (Å²) >= 11 is 0. The highest BCUT2D eigenvalue weighted by molar-refractivity contribution is 6.08. The zero-order valence-electron chi connectivity index (χ0n) is 23.5. The lowest BCUT2D eigenvalue weighted by molar-refractivity contribution is -0.123. The van der Waals surface area contributed by atoms with Crippen LogP contribution in [0.3, 0.4) is 0 Å². The molecule has 0 aliphatic heterocycles. The number of carbonyl (C=O) groups is 2. The van der Waals surface area contributed by atoms with E-state index in [1.54, 1.807) is 6.07 Å². The maximum atomic E-state index is 13.8. The molecule has 1 atom stereocenters. The second-order valence-electron chi connectivity index (χ2n) is 9.58. The Morgan fingerprint density at radius 2 is 1.60 bits per heavy atom. The summed E-state index contributed by atoms with van der Waals surface area (Å²) in [5.74, 6) is 0.213. The van der Waals surface area contributed by atoms with Crippen molar-refractivity contribution in [2.24, 2.45) is 0 Å². The Morgan fingerprint density at radius 3 is 2.30 bits per heavy atom. The van der Waals surface area contributed by atoms with Crippen molar-refractivity contribution in [3.63, 3.8) is 0 Å². The van der Waals surface area contributed by atoms with Crippen molar-refractivity contribution in [2.45, 2.75) is 33.2 Å². The second-order valence-corrected chi connectivity index (χ2v) is 9.58. The largest absolute Gasteiger partial charge is 0.494 e. The molecule has 40 heavy (non-hydrogen) atoms. The van der Waals surface area contributed by atoms with E-state index in [0.29, 0.717) is 29.9 Å². The number of ether oxygens (including phenoxy) is 1. The number of aromatic nitrogens is 1. The standard InChI is InChI=1S/C33H38N4O3/c1-4-22-40-26-18-16-24(17-19-26)30-23-28(27-14-10-11-15-29(27)35-30)32(38)36-31(25-12-8-7-9-13-25)33(39)34-20-21-37(5-2)6-3/h7-19,23,31H,4-6,20-22H2,1-3H3,(H,34,39)(H,36,38). The quantitative estimate of drug-likeness (QED) is 0.231. The van der Waals surface area contributed by atoms with Gasteiger partial charge in [0.15, 0.2) is 0 Å². The van der Waals surface area contributed by atoms with E-state index in [1.807, 2.05) is 78.9 Å². The topological polar surface area (TPSA) is 83.6 Å². The molecular formula is C33H38N4O3. The van der Waals surface area contributed by atoms with Gasteiger partial charge in [-0.15, -0.1) is 0 Å². The third-order valence-electron chi connectivity index (χ3n) is 6.88. The minimum atomic E-state index is -0.837. The molecule has 0 saturated carbocycles. The molecule has 208 valence electrons. The van der Waals surface area contributed by atoms with Gasteiger partial charge in [-0.25, -0.2) is 4.98 Å². The summed E-state index contributed by atoms with van der Waals surface area (Å²) in [6.07, 6.45) is 0.935. The smallest absolute Gasteiger partial charge is 0.252 e. The molecule has 0 fully saturated rings. The number of nitrogens with one attached hydrogen (secondary N) is 2. The van der Waals surface area contributed by atoms with Crippen LogP contribution < -0.4 is 15.4 Å². The number of likely N-dealkylation sites (N-methyl/N-ethyl adjacent to an activating group) is 1. The number of benzene rings is 3. The Labute approximate surface area is 236 Å². The molecule has 0 bridgehead atoms. The first-order valence-corrected chi connectivity index (χ1v) is 14.0. The number of nitrogens with zero attached hydrogens (tertiary/aromatic N) is 2. The zero-order valence-corrected chi connectivity index (χ0v) is 23.5. The second kappa shape index (κ2) is 14.2. The fourth-order valence-corrected chi connectivity index (χ4v) is 4.59. The molecule has 0 saturated heterocycles. The van der Waals surface area contributed by atoms with Crippen molar-refractivity contribution >= 4 is 22.7 Å². The van der Waals surface area contributed by atoms with E-state index in [9.17, 15) is 9.59 Å². The highest BCUT2D eigenvalue weighted by Crippen LogP contribution is 2.27. The molecule has 1 unspecified atom stereocenters. The fourth-order valence-electron chi connectivity index (χ4n) is 4.59. The molecule has 0 aliphatic carbocycles. The van der Waals surface area contributed by atoms with Gasteiger partial charge in [-0.3, -0.25) is 9.59 Å². The van der Waals surface area contributed by atoms with Gasteiger partial charge in [0.05, 0.1) is 23.4 Å². The van der Waals surface area contributed by atoms with E-state index in [2.05, 4.69) is 36.3 Å². The van der Waals surface area contributed by atoms with Gasteiger partial charge >= 0.3 is 0 Å². The number of fused-ring (bicyclic) bond motifs is 1. The van der Waals surface area contributed by atoms with Crippen LogP contribution in [0, 0.1) is 0 Å². The Kier molecular flexibility index (Phi) is 10.2. The van der Waals surface area contributed by atoms with Crippen molar-refractivity contribution in [2.75, 3.05) is 32.8 Å². The van der Waals surface area contributed by atoms with Crippen molar-refractivity contribution in [1.29, 1.82) is 0 Å². The van der Waals surface area contributed by atoms with Gasteiger partial charge in [0.1, 0.15) is 11.8 Å². The zero-order chi connectivity index (χ0) is 28.3. The number of para-hydroxylation sites is 1. The average Bonchev–Trinajstić information content (AvgIpc) is 3.00. The van der Waals surface area contributed by atoms with Crippen LogP contribution in [-0.2, 0) is 4.79 Å². The maximum Gasteiger partial charge on any atom is 0.252 e. The highest BCUT2D eigenvalue weighted by atomic mass is 16.5. The maximum absolute atomic E-state index is 13.8. The Bertz CT molecular complexity index is 1400. The molecule has 0 spiro atoms. The first-order chi connectivity index (χ1) is 19.5. The normalized spacial score (nSPS) is 11.8. The van der Waals surface area contributed by atoms with Crippen LogP contribution in [0.2, 0.25) is 0 Å². The molecule has 2 amide bonds. The third-order valence-corrected chi connectivity index (χ3v) is 6.88. The van der Waals surface area contributed by atoms with Crippen molar-refractivity contribution in [3.8, 4) is 17.0 Å². The van der Waals surface area contributed by atoms with Crippen LogP contribution in [-0.4, -0.2) is 54.5 Å². The molecule has 7 nitrogen and oxygen atoms in total. The van der Waals surface area contributed by atoms with Gasteiger partial charge < -0.3 is 20.3 Å². The van der Waals surface area contributed by atoms with E-state index in [1.165, 1.54) is 0 Å². The molecule has 0 radical (unpaired) electrons. The van der Waals surface area contributed by atoms with Crippen molar-refractivity contribution < 1.29 is 14.3 Å². The lowest BCUT2D eigenvalue weighted by Gasteiger charge is -2.22. The Hall–Kier alpha value is -4.23. The lowest BCUT2D eigenvalue weighted by Crippen LogP contribution is -2.43. The summed E-state index contributed by atoms with van der Waals surface area (Å²) in [6.45, 7) is 9.99. The number of hydrogen-bond acceptors (Lipinski definition) is 5. The summed E-state index contributed by atoms with van der Waals surface area (Å²) in [7, 11) is 0. The Morgan fingerprint density at radius 1 is 0.900 bits per heavy atom. The lowest BCUT2D eigenvalue weighted by atomic mass is 10.0. The van der Waals surface area contributed by atoms with Gasteiger partial charge in [0, 0.05) is 24.0 Å². The van der Waals surface area contributed by atoms with Crippen molar-refractivity contribution in [3.05, 3.63) is 96.1 Å². The number of pyridine rings is 1. The van der Waals surface area contributed by atoms with Gasteiger partial charge in [-0.05, 0) is 61.5 Å². The van der Waals surface area contributed by atoms with E-state index in [-0.39, 0.29) is 11.8 Å². The van der Waals surface area contributed by atoms with Crippen LogP contribution in [0.15, 0.2) is 84.9 Å². The highest BCUT2D eigenvalue weighted by Gasteiger charge is 2.24. The van der Waals surface area contributed by atoms with E-state index < -0.39 is 6.04 Å². The van der Waals surface area contributed by atoms with Gasteiger partial charge in [-0.1, -0.05) is 69.3 Å². The van der Waals surface area contributed by atoms with Crippen LogP contribution in [0.1, 0.15) is 49.2 Å². The number of carbonyl (C=O) groups excluding carboxylic acids is 2. The van der Waals surface area contributed by atoms with Crippen LogP contribution in [0.4, 0.5) is 0 Å². The molecule has 1 aromatic heterocycles. The summed E-state index contributed by atoms with van der Waals surface area (Å²) in [6, 6.07) is 25.6. The predicted octanol–water partition coefficient (Wildman–Crippen LogP) is 5.62. The molecule has 1 heterocycles. The monoisotopic (exact) mass is 538 g/mol. The molecule has 4 rings (SSSR count). The molecular weight excluding hydrogens is 500 g/mol. The van der Waals surface area contributed by atoms with Gasteiger partial charge in [0.2, 0.25) is 5.91 Å². The molecule has 7 heteroatoms. The van der Waals surface area contributed by atoms with E-state index in [4.69, 9.17) is 9.72 Å². The number of amides is 2. The first kappa shape index (κ1) is 28.8. The summed E-state index contributed by atoms with van der Waals surface area (Å²) in [5.41, 5.74) is 3.43. The molecule has 0 aliphatic rings. The van der Waals surface area contributed by atoms with E-state index >= 15 is 0 Å². The van der Waals surface area contributed by atoms with Crippen LogP contribution in [0.5, 0.6) is 5.75 Å². The van der Waals surface area contributed by atoms with Crippen LogP contribution in [0.25, 0.3) is 22.2 Å². The van der Waals surface area contributed by atoms with Crippen LogP contribution >= 0.6 is 0 Å². The average molecular weight is 539 g/mol. The minimum Gasteiger partial charge on any atom is -0.494 e. The van der Waals surface area contributed by atoms with Crippen molar-refractivity contribution in [1.82, 2.24) is 20.5 Å². The summed E-state index contributed by atoms with van der Waals surface area (Å²) in [5, 5.41) is 6.74. The first-order valence-electron chi connectivity index (χ1n) is 14.0. The van der Waals surface area contributed by atoms with Gasteiger partial charge in [0.25, 0.3) is 5.91 Å². The molecule has 3 aromatic carbocycles. The van der Waals surface area contributed by atoms with E-state index in [0.717, 1.165) is 48.3 Å². The minimum absolute atomic E-state index is 0.243. The number of hydrogen-bond donors (Lipinski definition) is 2. The number of rotatable bonds is 13. The molecule has 2 N–H and O–H groups in total. The molecule has 4 aromatic rings. The SMILES string of the molecule is CCCOc1ccc(-c2cc(C(=O)NC(C(=O)NCCN(CC)CC)c3ccccc3)c3ccccc3n2)cc1. The third kappa shape index (κ3) is 7.24. The summed E-state index contributed by atoms with van der Waals surface area (Å²) in [4.78, 5) is 34.3. The fraction of sp³-hybridized carbons (Fsp3) is 0.303. The van der Waals surface area contributed by atoms with Gasteiger partial charge in [-0.2, -0.15) is 0 Å². The Balaban J connectivity index is 1.62. The predicted molar refractivity (Wildman–Crippen MR) is 160 cm³/mol. The summed E-state index contributed by atoms with van der Waals surface area (Å²) < 4.78 is 5.72.